The number of amides is 1. The minimum absolute atomic E-state index is 0.000968. The molecule has 156 valence electrons. The van der Waals surface area contributed by atoms with Crippen LogP contribution < -0.4 is 15.6 Å². The van der Waals surface area contributed by atoms with E-state index in [9.17, 15) is 9.18 Å². The summed E-state index contributed by atoms with van der Waals surface area (Å²) in [6.07, 6.45) is 1.89. The average molecular weight is 410 g/mol. The maximum absolute atomic E-state index is 14.3. The van der Waals surface area contributed by atoms with Gasteiger partial charge in [0.05, 0.1) is 13.2 Å². The molecule has 30 heavy (non-hydrogen) atoms. The zero-order chi connectivity index (χ0) is 21.1. The van der Waals surface area contributed by atoms with Gasteiger partial charge >= 0.3 is 0 Å². The SMILES string of the molecule is COc1cccc2cc(C(=O)NC[C@@H]3CCCO3)c(=Nc3cc(C)ccc3F)oc12. The zero-order valence-corrected chi connectivity index (χ0v) is 16.9. The zero-order valence-electron chi connectivity index (χ0n) is 16.9. The van der Waals surface area contributed by atoms with Crippen LogP contribution >= 0.6 is 0 Å². The molecule has 0 saturated carbocycles. The number of halogens is 1. The highest BCUT2D eigenvalue weighted by Gasteiger charge is 2.19. The molecule has 1 N–H and O–H groups in total. The van der Waals surface area contributed by atoms with Gasteiger partial charge in [0.25, 0.3) is 5.91 Å². The van der Waals surface area contributed by atoms with Gasteiger partial charge in [-0.1, -0.05) is 18.2 Å². The van der Waals surface area contributed by atoms with E-state index in [2.05, 4.69) is 10.3 Å². The molecular weight excluding hydrogens is 387 g/mol. The second kappa shape index (κ2) is 8.67. The molecule has 2 aromatic carbocycles. The van der Waals surface area contributed by atoms with Crippen molar-refractivity contribution in [2.45, 2.75) is 25.9 Å². The maximum Gasteiger partial charge on any atom is 0.256 e. The summed E-state index contributed by atoms with van der Waals surface area (Å²) in [6.45, 7) is 2.94. The number of carbonyl (C=O) groups is 1. The molecule has 0 spiro atoms. The van der Waals surface area contributed by atoms with Crippen LogP contribution in [0.25, 0.3) is 11.0 Å². The molecule has 1 aliphatic heterocycles. The first-order valence-electron chi connectivity index (χ1n) is 9.86. The predicted octanol–water partition coefficient (Wildman–Crippen LogP) is 4.03. The van der Waals surface area contributed by atoms with Crippen LogP contribution in [-0.2, 0) is 4.74 Å². The largest absolute Gasteiger partial charge is 0.493 e. The van der Waals surface area contributed by atoms with E-state index in [1.54, 1.807) is 24.3 Å². The number of benzene rings is 2. The lowest BCUT2D eigenvalue weighted by atomic mass is 10.1. The molecule has 0 bridgehead atoms. The van der Waals surface area contributed by atoms with Crippen LogP contribution in [0.1, 0.15) is 28.8 Å². The van der Waals surface area contributed by atoms with E-state index < -0.39 is 5.82 Å². The number of methoxy groups -OCH3 is 1. The fraction of sp³-hybridized carbons (Fsp3) is 0.304. The van der Waals surface area contributed by atoms with E-state index in [-0.39, 0.29) is 28.8 Å². The Bertz CT molecular complexity index is 1150. The normalized spacial score (nSPS) is 16.8. The minimum atomic E-state index is -0.498. The van der Waals surface area contributed by atoms with Crippen LogP contribution in [0.15, 0.2) is 51.9 Å². The second-order valence-electron chi connectivity index (χ2n) is 7.26. The Balaban J connectivity index is 1.82. The minimum Gasteiger partial charge on any atom is -0.493 e. The maximum atomic E-state index is 14.3. The van der Waals surface area contributed by atoms with Gasteiger partial charge in [-0.15, -0.1) is 0 Å². The number of hydrogen-bond acceptors (Lipinski definition) is 5. The number of aryl methyl sites for hydroxylation is 1. The Kier molecular flexibility index (Phi) is 5.81. The van der Waals surface area contributed by atoms with E-state index in [1.165, 1.54) is 13.2 Å². The highest BCUT2D eigenvalue weighted by atomic mass is 19.1. The van der Waals surface area contributed by atoms with Gasteiger partial charge in [0, 0.05) is 18.5 Å². The molecule has 7 heteroatoms. The molecule has 3 aromatic rings. The van der Waals surface area contributed by atoms with Crippen molar-refractivity contribution in [2.75, 3.05) is 20.3 Å². The Morgan fingerprint density at radius 3 is 2.93 bits per heavy atom. The number of hydrogen-bond donors (Lipinski definition) is 1. The van der Waals surface area contributed by atoms with Gasteiger partial charge in [0.2, 0.25) is 5.55 Å². The van der Waals surface area contributed by atoms with Crippen molar-refractivity contribution in [3.63, 3.8) is 0 Å². The van der Waals surface area contributed by atoms with Gasteiger partial charge < -0.3 is 19.2 Å². The highest BCUT2D eigenvalue weighted by molar-refractivity contribution is 5.97. The van der Waals surface area contributed by atoms with E-state index in [4.69, 9.17) is 13.9 Å². The standard InChI is InChI=1S/C23H23FN2O4/c1-14-8-9-18(24)19(11-14)26-23-17(22(27)25-13-16-6-4-10-29-16)12-15-5-3-7-20(28-2)21(15)30-23/h3,5,7-9,11-12,16H,4,6,10,13H2,1-2H3,(H,25,27)/t16-/m0/s1. The number of fused-ring (bicyclic) bond motifs is 1. The summed E-state index contributed by atoms with van der Waals surface area (Å²) in [6, 6.07) is 11.7. The summed E-state index contributed by atoms with van der Waals surface area (Å²) in [5.41, 5.74) is 1.61. The first-order valence-corrected chi connectivity index (χ1v) is 9.86. The average Bonchev–Trinajstić information content (AvgIpc) is 3.27. The number of para-hydroxylation sites is 1. The summed E-state index contributed by atoms with van der Waals surface area (Å²) in [7, 11) is 1.53. The fourth-order valence-corrected chi connectivity index (χ4v) is 3.46. The van der Waals surface area contributed by atoms with E-state index in [0.717, 1.165) is 18.4 Å². The third-order valence-electron chi connectivity index (χ3n) is 5.04. The first-order chi connectivity index (χ1) is 14.5. The van der Waals surface area contributed by atoms with Gasteiger partial charge in [-0.2, -0.15) is 0 Å². The predicted molar refractivity (Wildman–Crippen MR) is 110 cm³/mol. The molecule has 2 heterocycles. The van der Waals surface area contributed by atoms with Crippen LogP contribution in [0, 0.1) is 12.7 Å². The van der Waals surface area contributed by atoms with Crippen molar-refractivity contribution in [3.8, 4) is 5.75 Å². The molecular formula is C23H23FN2O4. The van der Waals surface area contributed by atoms with Gasteiger partial charge in [-0.3, -0.25) is 4.79 Å². The molecule has 0 unspecified atom stereocenters. The van der Waals surface area contributed by atoms with Crippen molar-refractivity contribution < 1.29 is 23.1 Å². The Morgan fingerprint density at radius 2 is 2.17 bits per heavy atom. The molecule has 1 aromatic heterocycles. The number of rotatable bonds is 5. The molecule has 1 saturated heterocycles. The Morgan fingerprint density at radius 1 is 1.30 bits per heavy atom. The number of carbonyl (C=O) groups excluding carboxylic acids is 1. The summed E-state index contributed by atoms with van der Waals surface area (Å²) >= 11 is 0. The van der Waals surface area contributed by atoms with Gasteiger partial charge in [0.15, 0.2) is 11.3 Å². The van der Waals surface area contributed by atoms with E-state index >= 15 is 0 Å². The number of nitrogens with zero attached hydrogens (tertiary/aromatic N) is 1. The lowest BCUT2D eigenvalue weighted by molar-refractivity contribution is 0.0854. The lowest BCUT2D eigenvalue weighted by Gasteiger charge is -2.12. The second-order valence-corrected chi connectivity index (χ2v) is 7.26. The van der Waals surface area contributed by atoms with Crippen LogP contribution in [0.4, 0.5) is 10.1 Å². The third kappa shape index (κ3) is 4.21. The van der Waals surface area contributed by atoms with Gasteiger partial charge in [0.1, 0.15) is 17.1 Å². The molecule has 1 amide bonds. The molecule has 0 aliphatic carbocycles. The lowest BCUT2D eigenvalue weighted by Crippen LogP contribution is -2.34. The smallest absolute Gasteiger partial charge is 0.256 e. The van der Waals surface area contributed by atoms with Crippen molar-refractivity contribution in [1.82, 2.24) is 5.32 Å². The molecule has 1 fully saturated rings. The van der Waals surface area contributed by atoms with Crippen molar-refractivity contribution >= 4 is 22.6 Å². The van der Waals surface area contributed by atoms with E-state index in [0.29, 0.717) is 29.9 Å². The molecule has 6 nitrogen and oxygen atoms in total. The fourth-order valence-electron chi connectivity index (χ4n) is 3.46. The van der Waals surface area contributed by atoms with Gasteiger partial charge in [-0.05, 0) is 49.6 Å². The van der Waals surface area contributed by atoms with E-state index in [1.807, 2.05) is 19.1 Å². The molecule has 1 aliphatic rings. The summed E-state index contributed by atoms with van der Waals surface area (Å²) in [5, 5.41) is 3.56. The number of ether oxygens (including phenoxy) is 2. The van der Waals surface area contributed by atoms with Crippen molar-refractivity contribution in [3.05, 3.63) is 65.0 Å². The van der Waals surface area contributed by atoms with Crippen LogP contribution in [0.3, 0.4) is 0 Å². The summed E-state index contributed by atoms with van der Waals surface area (Å²) < 4.78 is 31.2. The summed E-state index contributed by atoms with van der Waals surface area (Å²) in [5.74, 6) is -0.354. The van der Waals surface area contributed by atoms with Crippen LogP contribution in [0.5, 0.6) is 5.75 Å². The number of nitrogens with one attached hydrogen (secondary N) is 1. The van der Waals surface area contributed by atoms with Crippen molar-refractivity contribution in [2.24, 2.45) is 4.99 Å². The molecule has 4 rings (SSSR count). The monoisotopic (exact) mass is 410 g/mol. The van der Waals surface area contributed by atoms with Crippen molar-refractivity contribution in [1.29, 1.82) is 0 Å². The molecule has 0 radical (unpaired) electrons. The van der Waals surface area contributed by atoms with Crippen LogP contribution in [0.2, 0.25) is 0 Å². The Labute approximate surface area is 173 Å². The Hall–Kier alpha value is -3.19. The van der Waals surface area contributed by atoms with Gasteiger partial charge in [-0.25, -0.2) is 9.38 Å². The topological polar surface area (TPSA) is 73.1 Å². The highest BCUT2D eigenvalue weighted by Crippen LogP contribution is 2.25. The molecule has 1 atom stereocenters. The van der Waals surface area contributed by atoms with Crippen LogP contribution in [-0.4, -0.2) is 32.3 Å². The first kappa shape index (κ1) is 20.1. The third-order valence-corrected chi connectivity index (χ3v) is 5.04. The summed E-state index contributed by atoms with van der Waals surface area (Å²) in [4.78, 5) is 17.3. The quantitative estimate of drug-likeness (QED) is 0.689.